The van der Waals surface area contributed by atoms with Crippen LogP contribution in [0.25, 0.3) is 11.1 Å². The highest BCUT2D eigenvalue weighted by Crippen LogP contribution is 2.24. The Labute approximate surface area is 172 Å². The summed E-state index contributed by atoms with van der Waals surface area (Å²) in [4.78, 5) is 5.97. The van der Waals surface area contributed by atoms with Crippen molar-refractivity contribution >= 4 is 17.1 Å². The average Bonchev–Trinajstić information content (AvgIpc) is 3.26. The number of hydrogen-bond acceptors (Lipinski definition) is 4. The molecular weight excluding hydrogens is 389 g/mol. The second kappa shape index (κ2) is 8.49. The third-order valence-corrected chi connectivity index (χ3v) is 5.02. The zero-order chi connectivity index (χ0) is 21.1. The van der Waals surface area contributed by atoms with E-state index in [1.165, 1.54) is 6.07 Å². The van der Waals surface area contributed by atoms with E-state index in [4.69, 9.17) is 0 Å². The van der Waals surface area contributed by atoms with E-state index in [1.54, 1.807) is 24.5 Å². The summed E-state index contributed by atoms with van der Waals surface area (Å²) in [5.74, 6) is -0.402. The molecule has 0 N–H and O–H groups in total. The fourth-order valence-corrected chi connectivity index (χ4v) is 3.30. The molecule has 0 saturated heterocycles. The van der Waals surface area contributed by atoms with Gasteiger partial charge in [0, 0.05) is 49.2 Å². The molecule has 3 aromatic rings. The molecule has 0 aliphatic carbocycles. The molecule has 152 valence electrons. The fourth-order valence-electron chi connectivity index (χ4n) is 3.30. The summed E-state index contributed by atoms with van der Waals surface area (Å²) in [7, 11) is 1.89. The van der Waals surface area contributed by atoms with Crippen LogP contribution >= 0.6 is 0 Å². The molecule has 0 saturated carbocycles. The summed E-state index contributed by atoms with van der Waals surface area (Å²) in [5, 5.41) is 7.25. The molecule has 4 rings (SSSR count). The number of rotatable bonds is 6. The van der Waals surface area contributed by atoms with Crippen molar-refractivity contribution < 1.29 is 13.2 Å². The van der Waals surface area contributed by atoms with Crippen LogP contribution in [0, 0.1) is 5.82 Å². The van der Waals surface area contributed by atoms with Crippen molar-refractivity contribution in [3.63, 3.8) is 0 Å². The molecule has 1 aliphatic heterocycles. The standard InChI is InChI=1S/C23H19F3N4/c1-30(19-6-4-15(5-7-19)16-8-10-27-11-9-16)14-18-3-2-17(12-20(18)24)21-13-22(23(25)26)29-28-21/h2-12,23H,13-14H2,1H3. The monoisotopic (exact) mass is 408 g/mol. The van der Waals surface area contributed by atoms with Gasteiger partial charge in [-0.15, -0.1) is 0 Å². The van der Waals surface area contributed by atoms with Crippen LogP contribution in [0.5, 0.6) is 0 Å². The average molecular weight is 408 g/mol. The van der Waals surface area contributed by atoms with Gasteiger partial charge in [0.15, 0.2) is 0 Å². The van der Waals surface area contributed by atoms with Crippen molar-refractivity contribution in [1.29, 1.82) is 0 Å². The summed E-state index contributed by atoms with van der Waals surface area (Å²) in [6.07, 6.45) is 0.799. The molecule has 2 heterocycles. The predicted molar refractivity (Wildman–Crippen MR) is 113 cm³/mol. The predicted octanol–water partition coefficient (Wildman–Crippen LogP) is 5.34. The minimum absolute atomic E-state index is 0.0554. The van der Waals surface area contributed by atoms with Gasteiger partial charge in [0.25, 0.3) is 6.43 Å². The molecule has 4 nitrogen and oxygen atoms in total. The lowest BCUT2D eigenvalue weighted by molar-refractivity contribution is 0.224. The molecule has 0 unspecified atom stereocenters. The van der Waals surface area contributed by atoms with Gasteiger partial charge in [-0.1, -0.05) is 24.3 Å². The highest BCUT2D eigenvalue weighted by atomic mass is 19.3. The molecule has 0 bridgehead atoms. The van der Waals surface area contributed by atoms with Crippen molar-refractivity contribution in [2.75, 3.05) is 11.9 Å². The Balaban J connectivity index is 1.44. The number of benzene rings is 2. The number of nitrogens with zero attached hydrogens (tertiary/aromatic N) is 4. The van der Waals surface area contributed by atoms with Crippen LogP contribution in [0.15, 0.2) is 77.2 Å². The van der Waals surface area contributed by atoms with Gasteiger partial charge in [-0.05, 0) is 41.5 Å². The number of aromatic nitrogens is 1. The van der Waals surface area contributed by atoms with Gasteiger partial charge in [-0.2, -0.15) is 10.2 Å². The Morgan fingerprint density at radius 1 is 0.900 bits per heavy atom. The van der Waals surface area contributed by atoms with E-state index in [-0.39, 0.29) is 12.1 Å². The van der Waals surface area contributed by atoms with Gasteiger partial charge in [0.1, 0.15) is 11.5 Å². The number of alkyl halides is 2. The normalized spacial score (nSPS) is 13.4. The lowest BCUT2D eigenvalue weighted by Gasteiger charge is -2.20. The Kier molecular flexibility index (Phi) is 5.61. The van der Waals surface area contributed by atoms with E-state index in [0.717, 1.165) is 16.8 Å². The zero-order valence-electron chi connectivity index (χ0n) is 16.3. The first kappa shape index (κ1) is 19.8. The molecule has 7 heteroatoms. The van der Waals surface area contributed by atoms with Gasteiger partial charge < -0.3 is 4.90 Å². The van der Waals surface area contributed by atoms with Gasteiger partial charge in [0.05, 0.1) is 5.71 Å². The molecule has 0 atom stereocenters. The summed E-state index contributed by atoms with van der Waals surface area (Å²) in [5.41, 5.74) is 4.15. The summed E-state index contributed by atoms with van der Waals surface area (Å²) < 4.78 is 40.1. The Morgan fingerprint density at radius 3 is 2.20 bits per heavy atom. The summed E-state index contributed by atoms with van der Waals surface area (Å²) in [6.45, 7) is 0.367. The lowest BCUT2D eigenvalue weighted by atomic mass is 10.0. The molecule has 0 radical (unpaired) electrons. The maximum Gasteiger partial charge on any atom is 0.278 e. The SMILES string of the molecule is CN(Cc1ccc(C2=NN=C(C(F)F)C2)cc1F)c1ccc(-c2ccncc2)cc1. The van der Waals surface area contributed by atoms with Crippen molar-refractivity contribution in [3.8, 4) is 11.1 Å². The van der Waals surface area contributed by atoms with E-state index in [2.05, 4.69) is 15.2 Å². The Bertz CT molecular complexity index is 1090. The maximum atomic E-state index is 14.6. The molecule has 0 amide bonds. The van der Waals surface area contributed by atoms with Crippen LogP contribution in [0.2, 0.25) is 0 Å². The molecule has 30 heavy (non-hydrogen) atoms. The van der Waals surface area contributed by atoms with Crippen molar-refractivity contribution in [2.24, 2.45) is 10.2 Å². The van der Waals surface area contributed by atoms with Crippen LogP contribution in [-0.4, -0.2) is 29.9 Å². The molecule has 1 aromatic heterocycles. The van der Waals surface area contributed by atoms with Crippen LogP contribution in [0.4, 0.5) is 18.9 Å². The van der Waals surface area contributed by atoms with Crippen LogP contribution in [0.3, 0.4) is 0 Å². The molecular formula is C23H19F3N4. The molecule has 0 spiro atoms. The topological polar surface area (TPSA) is 40.9 Å². The molecule has 2 aromatic carbocycles. The number of pyridine rings is 1. The van der Waals surface area contributed by atoms with E-state index in [0.29, 0.717) is 23.4 Å². The van der Waals surface area contributed by atoms with Crippen LogP contribution < -0.4 is 4.90 Å². The van der Waals surface area contributed by atoms with Crippen LogP contribution in [-0.2, 0) is 6.54 Å². The van der Waals surface area contributed by atoms with E-state index >= 15 is 0 Å². The van der Waals surface area contributed by atoms with Gasteiger partial charge in [-0.3, -0.25) is 4.98 Å². The third-order valence-electron chi connectivity index (χ3n) is 5.02. The number of anilines is 1. The third kappa shape index (κ3) is 4.25. The smallest absolute Gasteiger partial charge is 0.278 e. The van der Waals surface area contributed by atoms with E-state index in [9.17, 15) is 13.2 Å². The number of hydrogen-bond donors (Lipinski definition) is 0. The number of halogens is 3. The Hall–Kier alpha value is -3.48. The second-order valence-corrected chi connectivity index (χ2v) is 7.06. The quantitative estimate of drug-likeness (QED) is 0.553. The molecule has 0 fully saturated rings. The van der Waals surface area contributed by atoms with Crippen LogP contribution in [0.1, 0.15) is 17.5 Å². The first-order valence-corrected chi connectivity index (χ1v) is 9.43. The highest BCUT2D eigenvalue weighted by Gasteiger charge is 2.22. The first-order chi connectivity index (χ1) is 14.5. The van der Waals surface area contributed by atoms with Gasteiger partial charge in [0.2, 0.25) is 0 Å². The van der Waals surface area contributed by atoms with E-state index in [1.807, 2.05) is 48.3 Å². The van der Waals surface area contributed by atoms with Crippen molar-refractivity contribution in [1.82, 2.24) is 4.98 Å². The minimum atomic E-state index is -2.64. The summed E-state index contributed by atoms with van der Waals surface area (Å²) >= 11 is 0. The minimum Gasteiger partial charge on any atom is -0.370 e. The highest BCUT2D eigenvalue weighted by molar-refractivity contribution is 6.15. The second-order valence-electron chi connectivity index (χ2n) is 7.06. The van der Waals surface area contributed by atoms with Gasteiger partial charge >= 0.3 is 0 Å². The Morgan fingerprint density at radius 2 is 1.57 bits per heavy atom. The summed E-state index contributed by atoms with van der Waals surface area (Å²) in [6, 6.07) is 16.6. The van der Waals surface area contributed by atoms with E-state index < -0.39 is 12.2 Å². The first-order valence-electron chi connectivity index (χ1n) is 9.43. The fraction of sp³-hybridized carbons (Fsp3) is 0.174. The zero-order valence-corrected chi connectivity index (χ0v) is 16.3. The van der Waals surface area contributed by atoms with Crippen molar-refractivity contribution in [3.05, 3.63) is 83.9 Å². The van der Waals surface area contributed by atoms with Gasteiger partial charge in [-0.25, -0.2) is 13.2 Å². The largest absolute Gasteiger partial charge is 0.370 e. The lowest BCUT2D eigenvalue weighted by Crippen LogP contribution is -2.17. The van der Waals surface area contributed by atoms with Crippen molar-refractivity contribution in [2.45, 2.75) is 19.4 Å². The maximum absolute atomic E-state index is 14.6. The molecule has 1 aliphatic rings.